The second kappa shape index (κ2) is 7.73. The molecule has 120 valence electrons. The molecular formula is C18H27N3O. The van der Waals surface area contributed by atoms with E-state index in [4.69, 9.17) is 0 Å². The van der Waals surface area contributed by atoms with Gasteiger partial charge in [-0.25, -0.2) is 0 Å². The Hall–Kier alpha value is -1.42. The molecule has 2 heterocycles. The van der Waals surface area contributed by atoms with Gasteiger partial charge in [-0.1, -0.05) is 32.1 Å². The Morgan fingerprint density at radius 1 is 1.05 bits per heavy atom. The van der Waals surface area contributed by atoms with Gasteiger partial charge in [0, 0.05) is 18.8 Å². The van der Waals surface area contributed by atoms with Crippen LogP contribution in [-0.4, -0.2) is 29.5 Å². The molecule has 0 bridgehead atoms. The van der Waals surface area contributed by atoms with Crippen molar-refractivity contribution in [3.05, 3.63) is 24.5 Å². The van der Waals surface area contributed by atoms with Gasteiger partial charge in [-0.2, -0.15) is 0 Å². The monoisotopic (exact) mass is 301 g/mol. The van der Waals surface area contributed by atoms with Gasteiger partial charge in [0.25, 0.3) is 0 Å². The summed E-state index contributed by atoms with van der Waals surface area (Å²) in [6.45, 7) is 0.813. The molecule has 1 aromatic heterocycles. The van der Waals surface area contributed by atoms with Gasteiger partial charge in [-0.05, 0) is 37.8 Å². The highest BCUT2D eigenvalue weighted by Gasteiger charge is 2.31. The SMILES string of the molecule is O=C1[C@H](NC2CCCCCCC2)CCCN1c1cccnc1. The lowest BCUT2D eigenvalue weighted by atomic mass is 9.94. The van der Waals surface area contributed by atoms with Gasteiger partial charge in [0.05, 0.1) is 17.9 Å². The molecule has 1 amide bonds. The summed E-state index contributed by atoms with van der Waals surface area (Å²) in [5, 5.41) is 3.66. The fraction of sp³-hybridized carbons (Fsp3) is 0.667. The van der Waals surface area contributed by atoms with Crippen LogP contribution in [-0.2, 0) is 4.79 Å². The first-order valence-corrected chi connectivity index (χ1v) is 8.82. The lowest BCUT2D eigenvalue weighted by Crippen LogP contribution is -2.53. The highest BCUT2D eigenvalue weighted by atomic mass is 16.2. The van der Waals surface area contributed by atoms with Crippen LogP contribution in [0.3, 0.4) is 0 Å². The molecule has 0 unspecified atom stereocenters. The van der Waals surface area contributed by atoms with Crippen molar-refractivity contribution in [3.8, 4) is 0 Å². The molecule has 4 nitrogen and oxygen atoms in total. The van der Waals surface area contributed by atoms with Gasteiger partial charge in [0.2, 0.25) is 5.91 Å². The van der Waals surface area contributed by atoms with E-state index in [0.717, 1.165) is 25.1 Å². The van der Waals surface area contributed by atoms with Crippen molar-refractivity contribution in [1.29, 1.82) is 0 Å². The van der Waals surface area contributed by atoms with Crippen LogP contribution < -0.4 is 10.2 Å². The van der Waals surface area contributed by atoms with E-state index in [0.29, 0.717) is 6.04 Å². The second-order valence-electron chi connectivity index (χ2n) is 6.60. The number of nitrogens with zero attached hydrogens (tertiary/aromatic N) is 2. The van der Waals surface area contributed by atoms with Crippen LogP contribution in [0.5, 0.6) is 0 Å². The van der Waals surface area contributed by atoms with Crippen LogP contribution in [0.1, 0.15) is 57.8 Å². The summed E-state index contributed by atoms with van der Waals surface area (Å²) in [5.41, 5.74) is 0.927. The number of aromatic nitrogens is 1. The molecule has 0 aromatic carbocycles. The highest BCUT2D eigenvalue weighted by Crippen LogP contribution is 2.22. The predicted molar refractivity (Wildman–Crippen MR) is 88.9 cm³/mol. The van der Waals surface area contributed by atoms with E-state index in [1.54, 1.807) is 12.4 Å². The molecule has 0 spiro atoms. The third-order valence-corrected chi connectivity index (χ3v) is 4.94. The van der Waals surface area contributed by atoms with Crippen LogP contribution in [0.15, 0.2) is 24.5 Å². The summed E-state index contributed by atoms with van der Waals surface area (Å²) in [6.07, 6.45) is 14.7. The fourth-order valence-corrected chi connectivity index (χ4v) is 3.71. The molecule has 1 saturated carbocycles. The third kappa shape index (κ3) is 3.86. The molecule has 4 heteroatoms. The maximum absolute atomic E-state index is 12.8. The zero-order chi connectivity index (χ0) is 15.2. The topological polar surface area (TPSA) is 45.2 Å². The van der Waals surface area contributed by atoms with Crippen LogP contribution in [0.2, 0.25) is 0 Å². The quantitative estimate of drug-likeness (QED) is 0.932. The van der Waals surface area contributed by atoms with E-state index in [9.17, 15) is 4.79 Å². The lowest BCUT2D eigenvalue weighted by molar-refractivity contribution is -0.122. The van der Waals surface area contributed by atoms with Gasteiger partial charge >= 0.3 is 0 Å². The number of carbonyl (C=O) groups excluding carboxylic acids is 1. The molecule has 22 heavy (non-hydrogen) atoms. The number of pyridine rings is 1. The number of rotatable bonds is 3. The number of carbonyl (C=O) groups is 1. The van der Waals surface area contributed by atoms with Gasteiger partial charge < -0.3 is 10.2 Å². The molecule has 1 aliphatic carbocycles. The first kappa shape index (κ1) is 15.5. The zero-order valence-corrected chi connectivity index (χ0v) is 13.3. The van der Waals surface area contributed by atoms with E-state index >= 15 is 0 Å². The molecule has 0 radical (unpaired) electrons. The van der Waals surface area contributed by atoms with Crippen molar-refractivity contribution in [3.63, 3.8) is 0 Å². The number of hydrogen-bond donors (Lipinski definition) is 1. The van der Waals surface area contributed by atoms with E-state index in [1.807, 2.05) is 17.0 Å². The highest BCUT2D eigenvalue weighted by molar-refractivity contribution is 5.97. The first-order valence-electron chi connectivity index (χ1n) is 8.82. The molecule has 2 fully saturated rings. The molecule has 3 rings (SSSR count). The Labute approximate surface area is 133 Å². The van der Waals surface area contributed by atoms with Crippen LogP contribution >= 0.6 is 0 Å². The third-order valence-electron chi connectivity index (χ3n) is 4.94. The Morgan fingerprint density at radius 2 is 1.82 bits per heavy atom. The van der Waals surface area contributed by atoms with Gasteiger partial charge in [-0.3, -0.25) is 9.78 Å². The van der Waals surface area contributed by atoms with Crippen molar-refractivity contribution in [2.75, 3.05) is 11.4 Å². The predicted octanol–water partition coefficient (Wildman–Crippen LogP) is 3.28. The molecule has 1 saturated heterocycles. The smallest absolute Gasteiger partial charge is 0.244 e. The maximum Gasteiger partial charge on any atom is 0.244 e. The van der Waals surface area contributed by atoms with Crippen molar-refractivity contribution in [1.82, 2.24) is 10.3 Å². The van der Waals surface area contributed by atoms with Gasteiger partial charge in [-0.15, -0.1) is 0 Å². The minimum atomic E-state index is -0.0154. The summed E-state index contributed by atoms with van der Waals surface area (Å²) in [6, 6.07) is 4.37. The van der Waals surface area contributed by atoms with Crippen molar-refractivity contribution < 1.29 is 4.79 Å². The van der Waals surface area contributed by atoms with Crippen LogP contribution in [0, 0.1) is 0 Å². The summed E-state index contributed by atoms with van der Waals surface area (Å²) in [4.78, 5) is 18.8. The molecule has 1 aromatic rings. The van der Waals surface area contributed by atoms with E-state index < -0.39 is 0 Å². The molecule has 1 atom stereocenters. The van der Waals surface area contributed by atoms with Crippen LogP contribution in [0.25, 0.3) is 0 Å². The van der Waals surface area contributed by atoms with Gasteiger partial charge in [0.1, 0.15) is 0 Å². The van der Waals surface area contributed by atoms with E-state index in [2.05, 4.69) is 10.3 Å². The van der Waals surface area contributed by atoms with E-state index in [-0.39, 0.29) is 11.9 Å². The molecule has 2 aliphatic rings. The number of amides is 1. The van der Waals surface area contributed by atoms with Crippen molar-refractivity contribution in [2.45, 2.75) is 69.9 Å². The summed E-state index contributed by atoms with van der Waals surface area (Å²) < 4.78 is 0. The zero-order valence-electron chi connectivity index (χ0n) is 13.3. The minimum absolute atomic E-state index is 0.0154. The van der Waals surface area contributed by atoms with Crippen molar-refractivity contribution >= 4 is 11.6 Å². The van der Waals surface area contributed by atoms with Crippen LogP contribution in [0.4, 0.5) is 5.69 Å². The fourth-order valence-electron chi connectivity index (χ4n) is 3.71. The average molecular weight is 301 g/mol. The molecule has 1 aliphatic heterocycles. The van der Waals surface area contributed by atoms with Gasteiger partial charge in [0.15, 0.2) is 0 Å². The minimum Gasteiger partial charge on any atom is -0.310 e. The summed E-state index contributed by atoms with van der Waals surface area (Å²) >= 11 is 0. The average Bonchev–Trinajstić information content (AvgIpc) is 2.52. The lowest BCUT2D eigenvalue weighted by Gasteiger charge is -2.35. The Bertz CT molecular complexity index is 468. The number of nitrogens with one attached hydrogen (secondary N) is 1. The normalized spacial score (nSPS) is 24.8. The Balaban J connectivity index is 1.62. The largest absolute Gasteiger partial charge is 0.310 e. The summed E-state index contributed by atoms with van der Waals surface area (Å²) in [5.74, 6) is 0.223. The Kier molecular flexibility index (Phi) is 5.43. The number of hydrogen-bond acceptors (Lipinski definition) is 3. The second-order valence-corrected chi connectivity index (χ2v) is 6.60. The maximum atomic E-state index is 12.8. The Morgan fingerprint density at radius 3 is 2.55 bits per heavy atom. The van der Waals surface area contributed by atoms with Crippen molar-refractivity contribution in [2.24, 2.45) is 0 Å². The standard InChI is InChI=1S/C18H27N3O/c22-18-17(20-15-8-4-2-1-3-5-9-15)11-7-13-21(18)16-10-6-12-19-14-16/h6,10,12,14-15,17,20H,1-5,7-9,11,13H2/t17-/m1/s1. The first-order chi connectivity index (χ1) is 10.8. The number of piperidine rings is 1. The summed E-state index contributed by atoms with van der Waals surface area (Å²) in [7, 11) is 0. The molecule has 1 N–H and O–H groups in total. The van der Waals surface area contributed by atoms with E-state index in [1.165, 1.54) is 44.9 Å². The molecular weight excluding hydrogens is 274 g/mol. The number of anilines is 1.